The highest BCUT2D eigenvalue weighted by Crippen LogP contribution is 2.27. The molecule has 1 fully saturated rings. The molecule has 4 heteroatoms. The topological polar surface area (TPSA) is 14.1 Å². The quantitative estimate of drug-likeness (QED) is 0.473. The summed E-state index contributed by atoms with van der Waals surface area (Å²) in [5.74, 6) is -3.12. The van der Waals surface area contributed by atoms with Crippen LogP contribution in [-0.2, 0) is 0 Å². The Morgan fingerprint density at radius 3 is 2.44 bits per heavy atom. The van der Waals surface area contributed by atoms with E-state index in [1.54, 1.807) is 0 Å². The summed E-state index contributed by atoms with van der Waals surface area (Å²) < 4.78 is 36.4. The summed E-state index contributed by atoms with van der Waals surface area (Å²) >= 11 is 0. The molecule has 1 rings (SSSR count). The lowest BCUT2D eigenvalue weighted by Crippen LogP contribution is -2.43. The predicted molar refractivity (Wildman–Crippen MR) is 26.3 cm³/mol. The summed E-state index contributed by atoms with van der Waals surface area (Å²) in [4.78, 5) is 0. The van der Waals surface area contributed by atoms with Crippen molar-refractivity contribution in [3.8, 4) is 0 Å². The molecule has 0 aromatic heterocycles. The Morgan fingerprint density at radius 2 is 2.11 bits per heavy atom. The second kappa shape index (κ2) is 2.17. The van der Waals surface area contributed by atoms with E-state index in [0.29, 0.717) is 0 Å². The van der Waals surface area contributed by atoms with Crippen molar-refractivity contribution in [3.05, 3.63) is 0 Å². The van der Waals surface area contributed by atoms with Gasteiger partial charge in [-0.1, -0.05) is 0 Å². The molecular formula is C5H7F3N. The second-order valence-electron chi connectivity index (χ2n) is 2.11. The highest BCUT2D eigenvalue weighted by Gasteiger charge is 2.42. The fourth-order valence-electron chi connectivity index (χ4n) is 0.723. The average molecular weight is 138 g/mol. The zero-order chi connectivity index (χ0) is 6.91. The third-order valence-corrected chi connectivity index (χ3v) is 1.35. The minimum absolute atomic E-state index is 0.0907. The molecule has 0 amide bonds. The summed E-state index contributed by atoms with van der Waals surface area (Å²) in [5, 5.41) is 3.50. The first-order chi connectivity index (χ1) is 4.13. The lowest BCUT2D eigenvalue weighted by atomic mass is 10.1. The van der Waals surface area contributed by atoms with Crippen LogP contribution in [0.5, 0.6) is 0 Å². The monoisotopic (exact) mass is 138 g/mol. The van der Waals surface area contributed by atoms with Gasteiger partial charge in [0.25, 0.3) is 5.92 Å². The van der Waals surface area contributed by atoms with Crippen molar-refractivity contribution in [1.82, 2.24) is 5.32 Å². The van der Waals surface area contributed by atoms with Crippen molar-refractivity contribution in [2.75, 3.05) is 13.1 Å². The Bertz CT molecular complexity index is 104. The van der Waals surface area contributed by atoms with E-state index >= 15 is 0 Å². The molecule has 1 saturated heterocycles. The Balaban J connectivity index is 2.49. The molecule has 1 unspecified atom stereocenters. The van der Waals surface area contributed by atoms with E-state index < -0.39 is 18.5 Å². The number of rotatable bonds is 0. The van der Waals surface area contributed by atoms with E-state index in [-0.39, 0.29) is 13.1 Å². The summed E-state index contributed by atoms with van der Waals surface area (Å²) in [6.07, 6.45) is -2.49. The molecule has 1 aliphatic heterocycles. The van der Waals surface area contributed by atoms with Gasteiger partial charge in [0.1, 0.15) is 0 Å². The van der Waals surface area contributed by atoms with Gasteiger partial charge in [0.15, 0.2) is 6.17 Å². The Hall–Kier alpha value is -0.250. The fourth-order valence-corrected chi connectivity index (χ4v) is 0.723. The molecule has 0 bridgehead atoms. The number of alkyl halides is 3. The highest BCUT2D eigenvalue weighted by molar-refractivity contribution is 4.83. The fraction of sp³-hybridized carbons (Fsp3) is 1.00. The van der Waals surface area contributed by atoms with Crippen molar-refractivity contribution in [2.24, 2.45) is 0 Å². The third kappa shape index (κ3) is 1.36. The van der Waals surface area contributed by atoms with Gasteiger partial charge in [0.05, 0.1) is 6.54 Å². The van der Waals surface area contributed by atoms with E-state index in [4.69, 9.17) is 0 Å². The summed E-state index contributed by atoms with van der Waals surface area (Å²) in [6.45, 7) is -0.250. The Kier molecular flexibility index (Phi) is 1.66. The van der Waals surface area contributed by atoms with E-state index in [1.165, 1.54) is 0 Å². The predicted octanol–water partition coefficient (Wildman–Crippen LogP) is 0.968. The summed E-state index contributed by atoms with van der Waals surface area (Å²) in [6, 6.07) is 0. The molecule has 53 valence electrons. The number of hydrogen-bond donors (Lipinski definition) is 0. The lowest BCUT2D eigenvalue weighted by Gasteiger charge is -2.24. The molecule has 0 aromatic rings. The van der Waals surface area contributed by atoms with E-state index in [9.17, 15) is 13.2 Å². The van der Waals surface area contributed by atoms with Gasteiger partial charge in [-0.2, -0.15) is 0 Å². The van der Waals surface area contributed by atoms with Crippen molar-refractivity contribution >= 4 is 0 Å². The van der Waals surface area contributed by atoms with Crippen LogP contribution >= 0.6 is 0 Å². The maximum absolute atomic E-state index is 12.2. The molecule has 0 N–H and O–H groups in total. The normalized spacial score (nSPS) is 34.3. The molecule has 1 atom stereocenters. The molecule has 1 heterocycles. The maximum atomic E-state index is 12.2. The van der Waals surface area contributed by atoms with Crippen LogP contribution < -0.4 is 5.32 Å². The maximum Gasteiger partial charge on any atom is 0.281 e. The average Bonchev–Trinajstić information content (AvgIpc) is 1.77. The summed E-state index contributed by atoms with van der Waals surface area (Å²) in [5.41, 5.74) is 0. The highest BCUT2D eigenvalue weighted by atomic mass is 19.3. The van der Waals surface area contributed by atoms with Crippen molar-refractivity contribution in [3.63, 3.8) is 0 Å². The van der Waals surface area contributed by atoms with Gasteiger partial charge >= 0.3 is 0 Å². The zero-order valence-corrected chi connectivity index (χ0v) is 4.78. The van der Waals surface area contributed by atoms with Crippen LogP contribution in [0.25, 0.3) is 0 Å². The van der Waals surface area contributed by atoms with E-state index in [1.807, 2.05) is 0 Å². The first kappa shape index (κ1) is 6.86. The van der Waals surface area contributed by atoms with Crippen LogP contribution in [0.4, 0.5) is 13.2 Å². The Labute approximate surface area is 51.2 Å². The van der Waals surface area contributed by atoms with Crippen molar-refractivity contribution < 1.29 is 13.2 Å². The number of halogens is 3. The van der Waals surface area contributed by atoms with Gasteiger partial charge in [-0.05, 0) is 0 Å². The zero-order valence-electron chi connectivity index (χ0n) is 4.78. The van der Waals surface area contributed by atoms with Crippen LogP contribution in [0.2, 0.25) is 0 Å². The van der Waals surface area contributed by atoms with Crippen LogP contribution in [0.15, 0.2) is 0 Å². The second-order valence-corrected chi connectivity index (χ2v) is 2.11. The standard InChI is InChI=1S/C5H7F3N/c6-4-3-9-2-1-5(4,7)8/h4H,1-3H2. The van der Waals surface area contributed by atoms with Crippen LogP contribution in [0, 0.1) is 0 Å². The smallest absolute Gasteiger partial charge is 0.239 e. The van der Waals surface area contributed by atoms with Crippen molar-refractivity contribution in [2.45, 2.75) is 18.5 Å². The SMILES string of the molecule is FC1C[N]CCC1(F)F. The molecule has 1 nitrogen and oxygen atoms in total. The molecule has 1 radical (unpaired) electrons. The van der Waals surface area contributed by atoms with E-state index in [2.05, 4.69) is 5.32 Å². The van der Waals surface area contributed by atoms with E-state index in [0.717, 1.165) is 0 Å². The lowest BCUT2D eigenvalue weighted by molar-refractivity contribution is -0.0904. The van der Waals surface area contributed by atoms with Crippen LogP contribution in [-0.4, -0.2) is 25.2 Å². The van der Waals surface area contributed by atoms with Gasteiger partial charge in [-0.15, -0.1) is 0 Å². The Morgan fingerprint density at radius 1 is 1.44 bits per heavy atom. The van der Waals surface area contributed by atoms with Gasteiger partial charge in [-0.25, -0.2) is 18.5 Å². The largest absolute Gasteiger partial charge is 0.281 e. The first-order valence-corrected chi connectivity index (χ1v) is 2.78. The van der Waals surface area contributed by atoms with Gasteiger partial charge in [0.2, 0.25) is 0 Å². The molecule has 0 aliphatic carbocycles. The third-order valence-electron chi connectivity index (χ3n) is 1.35. The van der Waals surface area contributed by atoms with Crippen LogP contribution in [0.3, 0.4) is 0 Å². The van der Waals surface area contributed by atoms with Crippen molar-refractivity contribution in [1.29, 1.82) is 0 Å². The summed E-state index contributed by atoms with van der Waals surface area (Å²) in [7, 11) is 0. The van der Waals surface area contributed by atoms with Gasteiger partial charge in [-0.3, -0.25) is 0 Å². The molecule has 9 heavy (non-hydrogen) atoms. The molecule has 0 aromatic carbocycles. The number of nitrogens with zero attached hydrogens (tertiary/aromatic N) is 1. The molecule has 0 spiro atoms. The molecule has 0 saturated carbocycles. The number of piperidine rings is 1. The van der Waals surface area contributed by atoms with Crippen LogP contribution in [0.1, 0.15) is 6.42 Å². The minimum atomic E-state index is -3.12. The minimum Gasteiger partial charge on any atom is -0.239 e. The number of hydrogen-bond acceptors (Lipinski definition) is 0. The first-order valence-electron chi connectivity index (χ1n) is 2.78. The molecule has 1 aliphatic rings. The van der Waals surface area contributed by atoms with Gasteiger partial charge < -0.3 is 0 Å². The molecular weight excluding hydrogens is 131 g/mol. The van der Waals surface area contributed by atoms with Gasteiger partial charge in [0, 0.05) is 13.0 Å².